The zero-order chi connectivity index (χ0) is 6.97. The van der Waals surface area contributed by atoms with E-state index < -0.39 is 0 Å². The van der Waals surface area contributed by atoms with E-state index in [1.807, 2.05) is 5.41 Å². The molecule has 3 nitrogen and oxygen atoms in total. The van der Waals surface area contributed by atoms with Crippen molar-refractivity contribution in [1.29, 1.82) is 0 Å². The summed E-state index contributed by atoms with van der Waals surface area (Å²) in [5.41, 5.74) is 0.645. The summed E-state index contributed by atoms with van der Waals surface area (Å²) in [5, 5.41) is 1.98. The first-order valence-corrected chi connectivity index (χ1v) is 4.04. The van der Waals surface area contributed by atoms with Gasteiger partial charge in [0.05, 0.1) is 12.4 Å². The topological polar surface area (TPSA) is 32.7 Å². The predicted octanol–water partition coefficient (Wildman–Crippen LogP) is 0.445. The maximum atomic E-state index is 10.2. The second kappa shape index (κ2) is 2.12. The molecule has 0 N–H and O–H groups in total. The number of rotatable bonds is 1. The molecule has 2 heterocycles. The van der Waals surface area contributed by atoms with Crippen molar-refractivity contribution in [2.24, 2.45) is 4.99 Å². The van der Waals surface area contributed by atoms with Crippen LogP contribution in [0.2, 0.25) is 0 Å². The van der Waals surface area contributed by atoms with Crippen molar-refractivity contribution >= 4 is 23.8 Å². The number of thioether (sulfide) groups is 1. The SMILES string of the molecule is O=CC1=NC2=CSCN2C1. The summed E-state index contributed by atoms with van der Waals surface area (Å²) < 4.78 is 0. The highest BCUT2D eigenvalue weighted by Gasteiger charge is 2.22. The van der Waals surface area contributed by atoms with Crippen molar-refractivity contribution in [3.8, 4) is 0 Å². The summed E-state index contributed by atoms with van der Waals surface area (Å²) in [6, 6.07) is 0. The van der Waals surface area contributed by atoms with Crippen LogP contribution < -0.4 is 0 Å². The maximum Gasteiger partial charge on any atom is 0.166 e. The van der Waals surface area contributed by atoms with Crippen LogP contribution in [0.1, 0.15) is 0 Å². The molecule has 0 amide bonds. The van der Waals surface area contributed by atoms with Crippen LogP contribution in [0.3, 0.4) is 0 Å². The molecule has 0 bridgehead atoms. The third-order valence-corrected chi connectivity index (χ3v) is 2.33. The molecular weight excluding hydrogens is 148 g/mol. The first kappa shape index (κ1) is 5.97. The Morgan fingerprint density at radius 3 is 3.40 bits per heavy atom. The van der Waals surface area contributed by atoms with Crippen LogP contribution in [-0.2, 0) is 4.79 Å². The first-order chi connectivity index (χ1) is 4.90. The number of hydrogen-bond donors (Lipinski definition) is 0. The minimum atomic E-state index is 0.645. The molecule has 2 aliphatic rings. The lowest BCUT2D eigenvalue weighted by Crippen LogP contribution is -2.18. The zero-order valence-corrected chi connectivity index (χ0v) is 6.10. The Morgan fingerprint density at radius 1 is 1.80 bits per heavy atom. The molecule has 0 spiro atoms. The minimum absolute atomic E-state index is 0.645. The Balaban J connectivity index is 2.26. The van der Waals surface area contributed by atoms with E-state index in [0.29, 0.717) is 12.3 Å². The van der Waals surface area contributed by atoms with Crippen LogP contribution in [0, 0.1) is 0 Å². The average Bonchev–Trinajstić information content (AvgIpc) is 2.42. The third kappa shape index (κ3) is 0.759. The lowest BCUT2D eigenvalue weighted by atomic mass is 10.4. The van der Waals surface area contributed by atoms with Gasteiger partial charge in [0.2, 0.25) is 0 Å². The van der Waals surface area contributed by atoms with Gasteiger partial charge < -0.3 is 4.90 Å². The lowest BCUT2D eigenvalue weighted by molar-refractivity contribution is -0.102. The largest absolute Gasteiger partial charge is 0.341 e. The highest BCUT2D eigenvalue weighted by molar-refractivity contribution is 8.02. The van der Waals surface area contributed by atoms with Gasteiger partial charge in [-0.15, -0.1) is 11.8 Å². The molecule has 0 radical (unpaired) electrons. The fraction of sp³-hybridized carbons (Fsp3) is 0.333. The van der Waals surface area contributed by atoms with Gasteiger partial charge in [-0.2, -0.15) is 0 Å². The highest BCUT2D eigenvalue weighted by atomic mass is 32.2. The van der Waals surface area contributed by atoms with Crippen LogP contribution in [0.4, 0.5) is 0 Å². The van der Waals surface area contributed by atoms with Crippen molar-refractivity contribution in [2.75, 3.05) is 12.4 Å². The molecule has 0 saturated heterocycles. The molecular formula is C6H6N2OS. The predicted molar refractivity (Wildman–Crippen MR) is 40.7 cm³/mol. The van der Waals surface area contributed by atoms with E-state index in [1.165, 1.54) is 0 Å². The fourth-order valence-corrected chi connectivity index (χ4v) is 1.84. The molecule has 52 valence electrons. The minimum Gasteiger partial charge on any atom is -0.341 e. The van der Waals surface area contributed by atoms with E-state index in [2.05, 4.69) is 9.89 Å². The zero-order valence-electron chi connectivity index (χ0n) is 5.28. The molecule has 0 unspecified atom stereocenters. The average molecular weight is 154 g/mol. The van der Waals surface area contributed by atoms with E-state index >= 15 is 0 Å². The molecule has 0 aliphatic carbocycles. The molecule has 0 aromatic carbocycles. The number of carbonyl (C=O) groups excluding carboxylic acids is 1. The van der Waals surface area contributed by atoms with Gasteiger partial charge in [0.1, 0.15) is 11.5 Å². The van der Waals surface area contributed by atoms with Crippen LogP contribution >= 0.6 is 11.8 Å². The first-order valence-electron chi connectivity index (χ1n) is 2.99. The van der Waals surface area contributed by atoms with Gasteiger partial charge in [-0.05, 0) is 0 Å². The quantitative estimate of drug-likeness (QED) is 0.514. The summed E-state index contributed by atoms with van der Waals surface area (Å²) in [4.78, 5) is 16.4. The molecule has 0 aromatic rings. The number of aldehydes is 1. The van der Waals surface area contributed by atoms with E-state index in [9.17, 15) is 4.79 Å². The van der Waals surface area contributed by atoms with Gasteiger partial charge in [0.15, 0.2) is 6.29 Å². The van der Waals surface area contributed by atoms with Crippen LogP contribution in [0.25, 0.3) is 0 Å². The van der Waals surface area contributed by atoms with Gasteiger partial charge in [-0.25, -0.2) is 4.99 Å². The molecule has 0 saturated carbocycles. The van der Waals surface area contributed by atoms with Crippen LogP contribution in [-0.4, -0.2) is 29.3 Å². The fourth-order valence-electron chi connectivity index (χ4n) is 1.01. The molecule has 2 aliphatic heterocycles. The van der Waals surface area contributed by atoms with Crippen molar-refractivity contribution in [2.45, 2.75) is 0 Å². The van der Waals surface area contributed by atoms with Gasteiger partial charge in [-0.1, -0.05) is 0 Å². The van der Waals surface area contributed by atoms with E-state index in [4.69, 9.17) is 0 Å². The Labute approximate surface area is 62.8 Å². The molecule has 4 heteroatoms. The summed E-state index contributed by atoms with van der Waals surface area (Å²) in [6.07, 6.45) is 0.823. The Bertz CT molecular complexity index is 234. The third-order valence-electron chi connectivity index (χ3n) is 1.49. The number of aliphatic imine (C=N–C) groups is 1. The van der Waals surface area contributed by atoms with Gasteiger partial charge in [-0.3, -0.25) is 4.79 Å². The molecule has 0 fully saturated rings. The lowest BCUT2D eigenvalue weighted by Gasteiger charge is -2.08. The highest BCUT2D eigenvalue weighted by Crippen LogP contribution is 2.26. The van der Waals surface area contributed by atoms with Crippen molar-refractivity contribution < 1.29 is 4.79 Å². The Kier molecular flexibility index (Phi) is 1.27. The summed E-state index contributed by atoms with van der Waals surface area (Å²) in [7, 11) is 0. The summed E-state index contributed by atoms with van der Waals surface area (Å²) in [5.74, 6) is 1.89. The summed E-state index contributed by atoms with van der Waals surface area (Å²) >= 11 is 1.72. The Hall–Kier alpha value is -0.770. The number of fused-ring (bicyclic) bond motifs is 1. The number of nitrogens with zero attached hydrogens (tertiary/aromatic N) is 2. The number of carbonyl (C=O) groups is 1. The summed E-state index contributed by atoms with van der Waals surface area (Å²) in [6.45, 7) is 0.697. The van der Waals surface area contributed by atoms with Crippen LogP contribution in [0.15, 0.2) is 16.2 Å². The van der Waals surface area contributed by atoms with E-state index in [1.54, 1.807) is 11.8 Å². The monoisotopic (exact) mass is 154 g/mol. The smallest absolute Gasteiger partial charge is 0.166 e. The second-order valence-corrected chi connectivity index (χ2v) is 3.02. The standard InChI is InChI=1S/C6H6N2OS/c9-2-5-1-8-4-10-3-6(8)7-5/h2-3H,1,4H2. The van der Waals surface area contributed by atoms with Crippen molar-refractivity contribution in [3.63, 3.8) is 0 Å². The van der Waals surface area contributed by atoms with Crippen molar-refractivity contribution in [3.05, 3.63) is 11.2 Å². The van der Waals surface area contributed by atoms with Gasteiger partial charge in [0.25, 0.3) is 0 Å². The second-order valence-electron chi connectivity index (χ2n) is 2.19. The molecule has 0 aromatic heterocycles. The molecule has 2 rings (SSSR count). The van der Waals surface area contributed by atoms with Gasteiger partial charge >= 0.3 is 0 Å². The maximum absolute atomic E-state index is 10.2. The van der Waals surface area contributed by atoms with E-state index in [0.717, 1.165) is 18.0 Å². The Morgan fingerprint density at radius 2 is 2.70 bits per heavy atom. The van der Waals surface area contributed by atoms with Crippen LogP contribution in [0.5, 0.6) is 0 Å². The molecule has 0 atom stereocenters. The molecule has 10 heavy (non-hydrogen) atoms. The normalized spacial score (nSPS) is 22.2. The number of hydrogen-bond acceptors (Lipinski definition) is 4. The van der Waals surface area contributed by atoms with Gasteiger partial charge in [0, 0.05) is 5.41 Å². The van der Waals surface area contributed by atoms with E-state index in [-0.39, 0.29) is 0 Å². The van der Waals surface area contributed by atoms with Crippen molar-refractivity contribution in [1.82, 2.24) is 4.90 Å².